The fourth-order valence-corrected chi connectivity index (χ4v) is 2.98. The van der Waals surface area contributed by atoms with Crippen LogP contribution in [0.4, 0.5) is 0 Å². The van der Waals surface area contributed by atoms with Crippen LogP contribution in [0.5, 0.6) is 0 Å². The van der Waals surface area contributed by atoms with E-state index in [0.717, 1.165) is 5.56 Å². The number of carbonyl (C=O) groups is 1. The molecule has 6 heteroatoms. The Morgan fingerprint density at radius 2 is 2.05 bits per heavy atom. The smallest absolute Gasteiger partial charge is 0.319 e. The van der Waals surface area contributed by atoms with E-state index in [1.807, 2.05) is 44.3 Å². The molecule has 2 atom stereocenters. The van der Waals surface area contributed by atoms with Gasteiger partial charge in [-0.15, -0.1) is 10.2 Å². The van der Waals surface area contributed by atoms with Crippen molar-refractivity contribution in [3.8, 4) is 0 Å². The van der Waals surface area contributed by atoms with Crippen molar-refractivity contribution in [2.75, 3.05) is 7.11 Å². The standard InChI is InChI=1S/C14H17N3O2S/c1-10(11-7-5-4-6-8-11)12(13(18)19-3)20-14-16-15-9-17(14)2/h4-10,12H,1-3H3/t10-,12+/m1/s1. The molecule has 0 saturated carbocycles. The first-order chi connectivity index (χ1) is 9.63. The summed E-state index contributed by atoms with van der Waals surface area (Å²) in [6.45, 7) is 2.01. The van der Waals surface area contributed by atoms with Crippen LogP contribution in [0.2, 0.25) is 0 Å². The second-order valence-corrected chi connectivity index (χ2v) is 5.59. The molecule has 106 valence electrons. The highest BCUT2D eigenvalue weighted by Gasteiger charge is 2.29. The summed E-state index contributed by atoms with van der Waals surface area (Å²) in [7, 11) is 3.26. The van der Waals surface area contributed by atoms with Crippen LogP contribution >= 0.6 is 11.8 Å². The molecule has 0 fully saturated rings. The summed E-state index contributed by atoms with van der Waals surface area (Å²) in [5, 5.41) is 8.19. The lowest BCUT2D eigenvalue weighted by molar-refractivity contribution is -0.140. The van der Waals surface area contributed by atoms with Gasteiger partial charge < -0.3 is 9.30 Å². The number of hydrogen-bond donors (Lipinski definition) is 0. The van der Waals surface area contributed by atoms with E-state index in [-0.39, 0.29) is 17.1 Å². The molecule has 2 aromatic rings. The number of thioether (sulfide) groups is 1. The largest absolute Gasteiger partial charge is 0.468 e. The molecule has 0 saturated heterocycles. The third kappa shape index (κ3) is 3.19. The second-order valence-electron chi connectivity index (χ2n) is 4.49. The third-order valence-corrected chi connectivity index (χ3v) is 4.55. The molecule has 1 heterocycles. The van der Waals surface area contributed by atoms with Crippen molar-refractivity contribution in [2.24, 2.45) is 7.05 Å². The van der Waals surface area contributed by atoms with E-state index in [2.05, 4.69) is 10.2 Å². The molecule has 0 amide bonds. The average molecular weight is 291 g/mol. The first kappa shape index (κ1) is 14.6. The highest BCUT2D eigenvalue weighted by atomic mass is 32.2. The molecule has 0 aliphatic heterocycles. The molecule has 1 aromatic heterocycles. The van der Waals surface area contributed by atoms with E-state index >= 15 is 0 Å². The third-order valence-electron chi connectivity index (χ3n) is 3.12. The van der Waals surface area contributed by atoms with Crippen LogP contribution < -0.4 is 0 Å². The topological polar surface area (TPSA) is 57.0 Å². The summed E-state index contributed by atoms with van der Waals surface area (Å²) in [6, 6.07) is 9.91. The Kier molecular flexibility index (Phi) is 4.79. The summed E-state index contributed by atoms with van der Waals surface area (Å²) in [5.74, 6) is -0.236. The van der Waals surface area contributed by atoms with Gasteiger partial charge in [0, 0.05) is 13.0 Å². The monoisotopic (exact) mass is 291 g/mol. The quantitative estimate of drug-likeness (QED) is 0.624. The van der Waals surface area contributed by atoms with Gasteiger partial charge in [-0.3, -0.25) is 4.79 Å². The minimum Gasteiger partial charge on any atom is -0.468 e. The van der Waals surface area contributed by atoms with Crippen molar-refractivity contribution in [3.05, 3.63) is 42.2 Å². The van der Waals surface area contributed by atoms with Crippen molar-refractivity contribution in [1.29, 1.82) is 0 Å². The van der Waals surface area contributed by atoms with E-state index in [1.165, 1.54) is 18.9 Å². The number of aromatic nitrogens is 3. The SMILES string of the molecule is COC(=O)[C@@H](Sc1nncn1C)[C@H](C)c1ccccc1. The van der Waals surface area contributed by atoms with Gasteiger partial charge >= 0.3 is 5.97 Å². The van der Waals surface area contributed by atoms with Gasteiger partial charge in [0.2, 0.25) is 0 Å². The van der Waals surface area contributed by atoms with E-state index < -0.39 is 0 Å². The van der Waals surface area contributed by atoms with Crippen LogP contribution in [0.15, 0.2) is 41.8 Å². The number of aryl methyl sites for hydroxylation is 1. The number of ether oxygens (including phenoxy) is 1. The molecule has 1 aromatic carbocycles. The molecule has 2 rings (SSSR count). The van der Waals surface area contributed by atoms with Crippen LogP contribution in [-0.4, -0.2) is 33.1 Å². The zero-order chi connectivity index (χ0) is 14.5. The van der Waals surface area contributed by atoms with Gasteiger partial charge in [-0.2, -0.15) is 0 Å². The number of esters is 1. The zero-order valence-electron chi connectivity index (χ0n) is 11.7. The van der Waals surface area contributed by atoms with Crippen LogP contribution in [0, 0.1) is 0 Å². The molecule has 0 N–H and O–H groups in total. The minimum absolute atomic E-state index is 0.0188. The first-order valence-corrected chi connectivity index (χ1v) is 7.15. The Morgan fingerprint density at radius 3 is 2.60 bits per heavy atom. The lowest BCUT2D eigenvalue weighted by Crippen LogP contribution is -2.25. The fourth-order valence-electron chi connectivity index (χ4n) is 1.89. The minimum atomic E-state index is -0.356. The Hall–Kier alpha value is -1.82. The molecule has 5 nitrogen and oxygen atoms in total. The maximum absolute atomic E-state index is 12.1. The highest BCUT2D eigenvalue weighted by molar-refractivity contribution is 8.00. The molecule has 0 bridgehead atoms. The predicted octanol–water partition coefficient (Wildman–Crippen LogP) is 2.25. The van der Waals surface area contributed by atoms with Gasteiger partial charge in [-0.05, 0) is 5.56 Å². The summed E-state index contributed by atoms with van der Waals surface area (Å²) >= 11 is 1.37. The van der Waals surface area contributed by atoms with E-state index in [4.69, 9.17) is 4.74 Å². The number of hydrogen-bond acceptors (Lipinski definition) is 5. The Balaban J connectivity index is 2.24. The van der Waals surface area contributed by atoms with Gasteiger partial charge in [0.25, 0.3) is 0 Å². The number of benzene rings is 1. The summed E-state index contributed by atoms with van der Waals surface area (Å²) in [5.41, 5.74) is 1.09. The lowest BCUT2D eigenvalue weighted by atomic mass is 9.97. The molecule has 0 aliphatic rings. The number of nitrogens with zero attached hydrogens (tertiary/aromatic N) is 3. The van der Waals surface area contributed by atoms with Crippen LogP contribution in [-0.2, 0) is 16.6 Å². The van der Waals surface area contributed by atoms with Gasteiger partial charge in [0.15, 0.2) is 5.16 Å². The van der Waals surface area contributed by atoms with Crippen LogP contribution in [0.3, 0.4) is 0 Å². The summed E-state index contributed by atoms with van der Waals surface area (Å²) in [6.07, 6.45) is 1.61. The summed E-state index contributed by atoms with van der Waals surface area (Å²) in [4.78, 5) is 12.1. The number of rotatable bonds is 5. The first-order valence-electron chi connectivity index (χ1n) is 6.27. The van der Waals surface area contributed by atoms with Crippen molar-refractivity contribution in [2.45, 2.75) is 23.2 Å². The Bertz CT molecular complexity index is 571. The zero-order valence-corrected chi connectivity index (χ0v) is 12.5. The van der Waals surface area contributed by atoms with Gasteiger partial charge in [-0.1, -0.05) is 49.0 Å². The normalized spacial score (nSPS) is 13.8. The number of carbonyl (C=O) groups excluding carboxylic acids is 1. The van der Waals surface area contributed by atoms with Gasteiger partial charge in [-0.25, -0.2) is 0 Å². The molecular formula is C14H17N3O2S. The van der Waals surface area contributed by atoms with Crippen molar-refractivity contribution < 1.29 is 9.53 Å². The Labute approximate surface area is 122 Å². The second kappa shape index (κ2) is 6.56. The molecule has 0 radical (unpaired) electrons. The summed E-state index contributed by atoms with van der Waals surface area (Å²) < 4.78 is 6.72. The van der Waals surface area contributed by atoms with Crippen LogP contribution in [0.1, 0.15) is 18.4 Å². The molecular weight excluding hydrogens is 274 g/mol. The predicted molar refractivity (Wildman–Crippen MR) is 77.5 cm³/mol. The molecule has 0 aliphatic carbocycles. The Morgan fingerprint density at radius 1 is 1.35 bits per heavy atom. The fraction of sp³-hybridized carbons (Fsp3) is 0.357. The molecule has 0 spiro atoms. The lowest BCUT2D eigenvalue weighted by Gasteiger charge is -2.21. The van der Waals surface area contributed by atoms with Crippen molar-refractivity contribution in [3.63, 3.8) is 0 Å². The van der Waals surface area contributed by atoms with Gasteiger partial charge in [0.05, 0.1) is 7.11 Å². The van der Waals surface area contributed by atoms with E-state index in [9.17, 15) is 4.79 Å². The van der Waals surface area contributed by atoms with E-state index in [0.29, 0.717) is 5.16 Å². The average Bonchev–Trinajstić information content (AvgIpc) is 2.89. The van der Waals surface area contributed by atoms with Crippen LogP contribution in [0.25, 0.3) is 0 Å². The maximum atomic E-state index is 12.1. The highest BCUT2D eigenvalue weighted by Crippen LogP contribution is 2.33. The molecule has 20 heavy (non-hydrogen) atoms. The number of methoxy groups -OCH3 is 1. The molecule has 0 unspecified atom stereocenters. The van der Waals surface area contributed by atoms with E-state index in [1.54, 1.807) is 10.9 Å². The van der Waals surface area contributed by atoms with Crippen molar-refractivity contribution in [1.82, 2.24) is 14.8 Å². The maximum Gasteiger partial charge on any atom is 0.319 e. The van der Waals surface area contributed by atoms with Gasteiger partial charge in [0.1, 0.15) is 11.6 Å². The van der Waals surface area contributed by atoms with Crippen molar-refractivity contribution >= 4 is 17.7 Å².